The maximum Gasteiger partial charge on any atom is 0.225 e. The molecule has 2 N–H and O–H groups in total. The molecule has 0 amide bonds. The molecule has 0 aliphatic heterocycles. The van der Waals surface area contributed by atoms with Gasteiger partial charge in [-0.1, -0.05) is 0 Å². The molecular weight excluding hydrogens is 301 g/mol. The summed E-state index contributed by atoms with van der Waals surface area (Å²) in [6.45, 7) is 0. The Labute approximate surface area is 121 Å². The van der Waals surface area contributed by atoms with Crippen molar-refractivity contribution in [3.63, 3.8) is 0 Å². The van der Waals surface area contributed by atoms with Crippen LogP contribution >= 0.6 is 11.3 Å². The van der Waals surface area contributed by atoms with E-state index in [0.717, 1.165) is 0 Å². The zero-order valence-corrected chi connectivity index (χ0v) is 11.6. The van der Waals surface area contributed by atoms with Gasteiger partial charge in [-0.25, -0.2) is 18.2 Å². The summed E-state index contributed by atoms with van der Waals surface area (Å²) >= 11 is 1.37. The number of nitrogens with zero attached hydrogens (tertiary/aromatic N) is 2. The first-order chi connectivity index (χ1) is 10.1. The third kappa shape index (κ3) is 2.49. The van der Waals surface area contributed by atoms with Gasteiger partial charge in [0, 0.05) is 19.2 Å². The number of nitrogens with one attached hydrogen (secondary N) is 2. The van der Waals surface area contributed by atoms with Crippen molar-refractivity contribution >= 4 is 39.0 Å². The van der Waals surface area contributed by atoms with Gasteiger partial charge in [-0.3, -0.25) is 0 Å². The van der Waals surface area contributed by atoms with E-state index in [0.29, 0.717) is 28.3 Å². The summed E-state index contributed by atoms with van der Waals surface area (Å²) in [6, 6.07) is 2.95. The molecule has 0 unspecified atom stereocenters. The minimum atomic E-state index is -1.03. The molecule has 108 valence electrons. The first-order valence-electron chi connectivity index (χ1n) is 5.93. The predicted molar refractivity (Wildman–Crippen MR) is 76.6 cm³/mol. The standard InChI is InChI=1S/C13H9F3N4S/c1-17-13-19-11(7-2-3-21-12(7)20-13)18-10-8(15)4-6(14)5-9(10)16/h2-5H,1H3,(H2,17,18,19,20). The van der Waals surface area contributed by atoms with Crippen LogP contribution in [0.4, 0.5) is 30.6 Å². The number of hydrogen-bond acceptors (Lipinski definition) is 5. The Hall–Kier alpha value is -2.35. The number of anilines is 3. The van der Waals surface area contributed by atoms with Crippen LogP contribution in [0.2, 0.25) is 0 Å². The van der Waals surface area contributed by atoms with Gasteiger partial charge in [-0.15, -0.1) is 11.3 Å². The third-order valence-corrected chi connectivity index (χ3v) is 3.61. The number of halogens is 3. The Morgan fingerprint density at radius 1 is 1.10 bits per heavy atom. The van der Waals surface area contributed by atoms with Crippen molar-refractivity contribution in [2.24, 2.45) is 0 Å². The van der Waals surface area contributed by atoms with Crippen LogP contribution in [-0.2, 0) is 0 Å². The second-order valence-corrected chi connectivity index (χ2v) is 5.05. The summed E-state index contributed by atoms with van der Waals surface area (Å²) in [6.07, 6.45) is 0. The smallest absolute Gasteiger partial charge is 0.225 e. The molecule has 3 rings (SSSR count). The zero-order valence-electron chi connectivity index (χ0n) is 10.7. The minimum Gasteiger partial charge on any atom is -0.357 e. The number of fused-ring (bicyclic) bond motifs is 1. The second kappa shape index (κ2) is 5.21. The van der Waals surface area contributed by atoms with E-state index in [-0.39, 0.29) is 5.82 Å². The van der Waals surface area contributed by atoms with Crippen molar-refractivity contribution in [3.05, 3.63) is 41.0 Å². The van der Waals surface area contributed by atoms with Crippen LogP contribution in [-0.4, -0.2) is 17.0 Å². The molecule has 0 bridgehead atoms. The Morgan fingerprint density at radius 3 is 2.48 bits per heavy atom. The molecule has 0 fully saturated rings. The van der Waals surface area contributed by atoms with Crippen molar-refractivity contribution in [1.82, 2.24) is 9.97 Å². The molecule has 0 saturated carbocycles. The van der Waals surface area contributed by atoms with Crippen molar-refractivity contribution in [3.8, 4) is 0 Å². The van der Waals surface area contributed by atoms with Gasteiger partial charge < -0.3 is 10.6 Å². The first kappa shape index (κ1) is 13.6. The van der Waals surface area contributed by atoms with Gasteiger partial charge in [0.15, 0.2) is 11.6 Å². The molecule has 2 aromatic heterocycles. The molecular formula is C13H9F3N4S. The normalized spacial score (nSPS) is 10.9. The maximum absolute atomic E-state index is 13.7. The summed E-state index contributed by atoms with van der Waals surface area (Å²) in [7, 11) is 1.64. The van der Waals surface area contributed by atoms with Crippen LogP contribution in [0.3, 0.4) is 0 Å². The van der Waals surface area contributed by atoms with Crippen LogP contribution in [0.1, 0.15) is 0 Å². The van der Waals surface area contributed by atoms with E-state index in [1.165, 1.54) is 11.3 Å². The quantitative estimate of drug-likeness (QED) is 0.770. The lowest BCUT2D eigenvalue weighted by atomic mass is 10.2. The Bertz CT molecular complexity index is 795. The van der Waals surface area contributed by atoms with Gasteiger partial charge in [0.25, 0.3) is 0 Å². The molecule has 0 saturated heterocycles. The Balaban J connectivity index is 2.11. The van der Waals surface area contributed by atoms with Gasteiger partial charge in [-0.2, -0.15) is 4.98 Å². The van der Waals surface area contributed by atoms with Gasteiger partial charge in [-0.05, 0) is 11.4 Å². The van der Waals surface area contributed by atoms with Crippen molar-refractivity contribution in [1.29, 1.82) is 0 Å². The fourth-order valence-electron chi connectivity index (χ4n) is 1.84. The SMILES string of the molecule is CNc1nc(Nc2c(F)cc(F)cc2F)c2ccsc2n1. The molecule has 0 atom stereocenters. The fraction of sp³-hybridized carbons (Fsp3) is 0.0769. The van der Waals surface area contributed by atoms with E-state index in [2.05, 4.69) is 20.6 Å². The highest BCUT2D eigenvalue weighted by atomic mass is 32.1. The molecule has 0 radical (unpaired) electrons. The van der Waals surface area contributed by atoms with Gasteiger partial charge >= 0.3 is 0 Å². The highest BCUT2D eigenvalue weighted by molar-refractivity contribution is 7.16. The number of aromatic nitrogens is 2. The van der Waals surface area contributed by atoms with E-state index in [4.69, 9.17) is 0 Å². The number of benzene rings is 1. The summed E-state index contributed by atoms with van der Waals surface area (Å²) in [4.78, 5) is 9.03. The number of rotatable bonds is 3. The molecule has 0 aliphatic rings. The Morgan fingerprint density at radius 2 is 1.81 bits per heavy atom. The molecule has 2 heterocycles. The van der Waals surface area contributed by atoms with Crippen molar-refractivity contribution in [2.75, 3.05) is 17.7 Å². The van der Waals surface area contributed by atoms with Gasteiger partial charge in [0.1, 0.15) is 22.2 Å². The lowest BCUT2D eigenvalue weighted by molar-refractivity contribution is 0.549. The van der Waals surface area contributed by atoms with E-state index in [9.17, 15) is 13.2 Å². The second-order valence-electron chi connectivity index (χ2n) is 4.15. The lowest BCUT2D eigenvalue weighted by Crippen LogP contribution is -2.04. The lowest BCUT2D eigenvalue weighted by Gasteiger charge is -2.10. The molecule has 4 nitrogen and oxygen atoms in total. The highest BCUT2D eigenvalue weighted by Crippen LogP contribution is 2.30. The third-order valence-electron chi connectivity index (χ3n) is 2.80. The van der Waals surface area contributed by atoms with Gasteiger partial charge in [0.05, 0.1) is 5.39 Å². The summed E-state index contributed by atoms with van der Waals surface area (Å²) in [5, 5.41) is 7.76. The first-order valence-corrected chi connectivity index (χ1v) is 6.81. The predicted octanol–water partition coefficient (Wildman–Crippen LogP) is 3.89. The minimum absolute atomic E-state index is 0.245. The zero-order chi connectivity index (χ0) is 15.0. The molecule has 1 aromatic carbocycles. The number of thiophene rings is 1. The van der Waals surface area contributed by atoms with Crippen molar-refractivity contribution in [2.45, 2.75) is 0 Å². The largest absolute Gasteiger partial charge is 0.357 e. The molecule has 21 heavy (non-hydrogen) atoms. The van der Waals surface area contributed by atoms with E-state index < -0.39 is 23.1 Å². The van der Waals surface area contributed by atoms with Crippen LogP contribution in [0.25, 0.3) is 10.2 Å². The van der Waals surface area contributed by atoms with E-state index in [1.54, 1.807) is 18.5 Å². The monoisotopic (exact) mass is 310 g/mol. The van der Waals surface area contributed by atoms with E-state index in [1.807, 2.05) is 0 Å². The maximum atomic E-state index is 13.7. The van der Waals surface area contributed by atoms with Crippen LogP contribution in [0.15, 0.2) is 23.6 Å². The van der Waals surface area contributed by atoms with Crippen LogP contribution in [0.5, 0.6) is 0 Å². The van der Waals surface area contributed by atoms with Crippen molar-refractivity contribution < 1.29 is 13.2 Å². The van der Waals surface area contributed by atoms with Crippen LogP contribution < -0.4 is 10.6 Å². The number of hydrogen-bond donors (Lipinski definition) is 2. The van der Waals surface area contributed by atoms with E-state index >= 15 is 0 Å². The topological polar surface area (TPSA) is 49.8 Å². The molecule has 0 aliphatic carbocycles. The highest BCUT2D eigenvalue weighted by Gasteiger charge is 2.15. The summed E-state index contributed by atoms with van der Waals surface area (Å²) in [5.74, 6) is -2.47. The molecule has 8 heteroatoms. The summed E-state index contributed by atoms with van der Waals surface area (Å²) in [5.41, 5.74) is -0.454. The summed E-state index contributed by atoms with van der Waals surface area (Å²) < 4.78 is 40.3. The van der Waals surface area contributed by atoms with Gasteiger partial charge in [0.2, 0.25) is 5.95 Å². The fourth-order valence-corrected chi connectivity index (χ4v) is 2.61. The average molecular weight is 310 g/mol. The average Bonchev–Trinajstić information content (AvgIpc) is 2.90. The van der Waals surface area contributed by atoms with Crippen LogP contribution in [0, 0.1) is 17.5 Å². The molecule has 0 spiro atoms. The molecule has 3 aromatic rings. The Kier molecular flexibility index (Phi) is 3.38.